The summed E-state index contributed by atoms with van der Waals surface area (Å²) in [4.78, 5) is 9.27. The molecule has 1 aliphatic heterocycles. The summed E-state index contributed by atoms with van der Waals surface area (Å²) in [7, 11) is 0. The molecular formula is C20H28N4. The van der Waals surface area contributed by atoms with Gasteiger partial charge in [-0.15, -0.1) is 0 Å². The second-order valence-electron chi connectivity index (χ2n) is 7.66. The van der Waals surface area contributed by atoms with Crippen LogP contribution >= 0.6 is 0 Å². The molecule has 0 atom stereocenters. The van der Waals surface area contributed by atoms with Gasteiger partial charge in [0.25, 0.3) is 0 Å². The van der Waals surface area contributed by atoms with Crippen molar-refractivity contribution in [3.63, 3.8) is 0 Å². The summed E-state index contributed by atoms with van der Waals surface area (Å²) >= 11 is 0. The molecule has 1 saturated heterocycles. The number of piperazine rings is 1. The number of nitrogens with zero attached hydrogens (tertiary/aromatic N) is 3. The van der Waals surface area contributed by atoms with Crippen molar-refractivity contribution in [1.82, 2.24) is 9.88 Å². The van der Waals surface area contributed by atoms with Crippen molar-refractivity contribution in [1.29, 1.82) is 0 Å². The molecule has 0 radical (unpaired) electrons. The summed E-state index contributed by atoms with van der Waals surface area (Å²) in [5.41, 5.74) is 9.43. The van der Waals surface area contributed by atoms with Crippen LogP contribution in [0.2, 0.25) is 0 Å². The highest BCUT2D eigenvalue weighted by atomic mass is 15.3. The number of pyridine rings is 1. The van der Waals surface area contributed by atoms with E-state index in [4.69, 9.17) is 5.73 Å². The number of anilines is 2. The molecule has 4 heteroatoms. The molecule has 24 heavy (non-hydrogen) atoms. The molecule has 128 valence electrons. The summed E-state index contributed by atoms with van der Waals surface area (Å²) in [6, 6.07) is 13.0. The number of hydrogen-bond donors (Lipinski definition) is 1. The molecule has 1 fully saturated rings. The highest BCUT2D eigenvalue weighted by Crippen LogP contribution is 2.23. The molecule has 0 aliphatic carbocycles. The van der Waals surface area contributed by atoms with Crippen LogP contribution in [0.3, 0.4) is 0 Å². The predicted octanol–water partition coefficient (Wildman–Crippen LogP) is 3.28. The van der Waals surface area contributed by atoms with Crippen LogP contribution in [-0.4, -0.2) is 36.1 Å². The fourth-order valence-corrected chi connectivity index (χ4v) is 3.09. The van der Waals surface area contributed by atoms with Crippen LogP contribution < -0.4 is 10.6 Å². The summed E-state index contributed by atoms with van der Waals surface area (Å²) in [5.74, 6) is 1.03. The normalized spacial score (nSPS) is 16.4. The lowest BCUT2D eigenvalue weighted by atomic mass is 9.87. The standard InChI is InChI=1S/C20H28N4/c1-20(2,3)17-6-4-16(5-7-17)15-23-10-12-24(13-11-23)19-9-8-18(21)14-22-19/h4-9,14H,10-13,15,21H2,1-3H3. The number of nitrogen functional groups attached to an aromatic ring is 1. The average Bonchev–Trinajstić information content (AvgIpc) is 2.56. The van der Waals surface area contributed by atoms with Crippen molar-refractivity contribution in [3.8, 4) is 0 Å². The van der Waals surface area contributed by atoms with Crippen LogP contribution in [0.15, 0.2) is 42.6 Å². The van der Waals surface area contributed by atoms with E-state index in [0.29, 0.717) is 0 Å². The topological polar surface area (TPSA) is 45.4 Å². The van der Waals surface area contributed by atoms with E-state index in [1.165, 1.54) is 11.1 Å². The van der Waals surface area contributed by atoms with Crippen LogP contribution in [0.1, 0.15) is 31.9 Å². The van der Waals surface area contributed by atoms with Crippen LogP contribution in [0, 0.1) is 0 Å². The number of nitrogens with two attached hydrogens (primary N) is 1. The molecule has 1 aromatic heterocycles. The van der Waals surface area contributed by atoms with E-state index >= 15 is 0 Å². The van der Waals surface area contributed by atoms with Gasteiger partial charge in [-0.25, -0.2) is 4.98 Å². The summed E-state index contributed by atoms with van der Waals surface area (Å²) in [6.07, 6.45) is 1.73. The lowest BCUT2D eigenvalue weighted by Gasteiger charge is -2.35. The number of aromatic nitrogens is 1. The van der Waals surface area contributed by atoms with Gasteiger partial charge >= 0.3 is 0 Å². The summed E-state index contributed by atoms with van der Waals surface area (Å²) < 4.78 is 0. The monoisotopic (exact) mass is 324 g/mol. The number of rotatable bonds is 3. The van der Waals surface area contributed by atoms with Gasteiger partial charge in [-0.3, -0.25) is 4.90 Å². The smallest absolute Gasteiger partial charge is 0.128 e. The first-order valence-corrected chi connectivity index (χ1v) is 8.70. The molecule has 0 bridgehead atoms. The van der Waals surface area contributed by atoms with Gasteiger partial charge in [-0.05, 0) is 28.7 Å². The summed E-state index contributed by atoms with van der Waals surface area (Å²) in [5, 5.41) is 0. The Hall–Kier alpha value is -2.07. The number of hydrogen-bond acceptors (Lipinski definition) is 4. The van der Waals surface area contributed by atoms with Gasteiger partial charge in [0.1, 0.15) is 5.82 Å². The Morgan fingerprint density at radius 1 is 0.958 bits per heavy atom. The molecule has 0 unspecified atom stereocenters. The average molecular weight is 324 g/mol. The van der Waals surface area contributed by atoms with Crippen molar-refractivity contribution >= 4 is 11.5 Å². The Balaban J connectivity index is 1.54. The zero-order chi connectivity index (χ0) is 17.2. The Morgan fingerprint density at radius 2 is 1.62 bits per heavy atom. The second-order valence-corrected chi connectivity index (χ2v) is 7.66. The summed E-state index contributed by atoms with van der Waals surface area (Å²) in [6.45, 7) is 11.9. The fraction of sp³-hybridized carbons (Fsp3) is 0.450. The first-order chi connectivity index (χ1) is 11.4. The molecule has 0 saturated carbocycles. The number of benzene rings is 1. The zero-order valence-corrected chi connectivity index (χ0v) is 15.0. The van der Waals surface area contributed by atoms with E-state index in [9.17, 15) is 0 Å². The molecule has 0 amide bonds. The fourth-order valence-electron chi connectivity index (χ4n) is 3.09. The maximum absolute atomic E-state index is 5.71. The van der Waals surface area contributed by atoms with E-state index in [-0.39, 0.29) is 5.41 Å². The minimum Gasteiger partial charge on any atom is -0.397 e. The largest absolute Gasteiger partial charge is 0.397 e. The minimum atomic E-state index is 0.218. The van der Waals surface area contributed by atoms with Crippen LogP contribution in [0.4, 0.5) is 11.5 Å². The van der Waals surface area contributed by atoms with E-state index in [1.807, 2.05) is 12.1 Å². The molecule has 4 nitrogen and oxygen atoms in total. The van der Waals surface area contributed by atoms with Crippen molar-refractivity contribution < 1.29 is 0 Å². The predicted molar refractivity (Wildman–Crippen MR) is 101 cm³/mol. The molecule has 1 aromatic carbocycles. The van der Waals surface area contributed by atoms with Gasteiger partial charge < -0.3 is 10.6 Å². The lowest BCUT2D eigenvalue weighted by Crippen LogP contribution is -2.46. The zero-order valence-electron chi connectivity index (χ0n) is 15.0. The Kier molecular flexibility index (Phi) is 4.76. The van der Waals surface area contributed by atoms with Gasteiger partial charge in [-0.2, -0.15) is 0 Å². The molecule has 2 heterocycles. The third-order valence-corrected chi connectivity index (χ3v) is 4.69. The maximum Gasteiger partial charge on any atom is 0.128 e. The molecule has 0 spiro atoms. The second kappa shape index (κ2) is 6.81. The maximum atomic E-state index is 5.71. The van der Waals surface area contributed by atoms with Gasteiger partial charge in [0, 0.05) is 32.7 Å². The van der Waals surface area contributed by atoms with Gasteiger partial charge in [-0.1, -0.05) is 45.0 Å². The SMILES string of the molecule is CC(C)(C)c1ccc(CN2CCN(c3ccc(N)cn3)CC2)cc1. The van der Waals surface area contributed by atoms with E-state index < -0.39 is 0 Å². The highest BCUT2D eigenvalue weighted by molar-refractivity contribution is 5.46. The van der Waals surface area contributed by atoms with Gasteiger partial charge in [0.2, 0.25) is 0 Å². The van der Waals surface area contributed by atoms with Crippen molar-refractivity contribution in [3.05, 3.63) is 53.7 Å². The Bertz CT molecular complexity index is 648. The Morgan fingerprint density at radius 3 is 2.17 bits per heavy atom. The van der Waals surface area contributed by atoms with Crippen LogP contribution in [0.5, 0.6) is 0 Å². The van der Waals surface area contributed by atoms with E-state index in [1.54, 1.807) is 6.20 Å². The molecule has 2 N–H and O–H groups in total. The molecule has 2 aromatic rings. The van der Waals surface area contributed by atoms with E-state index in [2.05, 4.69) is 59.8 Å². The third-order valence-electron chi connectivity index (χ3n) is 4.69. The quantitative estimate of drug-likeness (QED) is 0.941. The lowest BCUT2D eigenvalue weighted by molar-refractivity contribution is 0.249. The van der Waals surface area contributed by atoms with Crippen molar-refractivity contribution in [2.75, 3.05) is 36.8 Å². The third kappa shape index (κ3) is 4.06. The molecular weight excluding hydrogens is 296 g/mol. The first-order valence-electron chi connectivity index (χ1n) is 8.70. The van der Waals surface area contributed by atoms with Gasteiger partial charge in [0.05, 0.1) is 11.9 Å². The van der Waals surface area contributed by atoms with Gasteiger partial charge in [0.15, 0.2) is 0 Å². The van der Waals surface area contributed by atoms with Crippen LogP contribution in [-0.2, 0) is 12.0 Å². The van der Waals surface area contributed by atoms with Crippen molar-refractivity contribution in [2.24, 2.45) is 0 Å². The van der Waals surface area contributed by atoms with Crippen molar-refractivity contribution in [2.45, 2.75) is 32.7 Å². The minimum absolute atomic E-state index is 0.218. The first kappa shape index (κ1) is 16.8. The molecule has 1 aliphatic rings. The molecule has 3 rings (SSSR count). The van der Waals surface area contributed by atoms with E-state index in [0.717, 1.165) is 44.2 Å². The Labute approximate surface area is 145 Å². The van der Waals surface area contributed by atoms with Crippen LogP contribution in [0.25, 0.3) is 0 Å². The highest BCUT2D eigenvalue weighted by Gasteiger charge is 2.18.